The van der Waals surface area contributed by atoms with Gasteiger partial charge in [-0.05, 0) is 38.0 Å². The Morgan fingerprint density at radius 2 is 2.00 bits per heavy atom. The first kappa shape index (κ1) is 16.6. The second-order valence-electron chi connectivity index (χ2n) is 5.48. The topological polar surface area (TPSA) is 40.5 Å². The Labute approximate surface area is 125 Å². The van der Waals surface area contributed by atoms with E-state index in [1.165, 1.54) is 0 Å². The van der Waals surface area contributed by atoms with Crippen molar-refractivity contribution in [3.8, 4) is 0 Å². The van der Waals surface area contributed by atoms with E-state index in [-0.39, 0.29) is 0 Å². The zero-order valence-electron chi connectivity index (χ0n) is 12.4. The fraction of sp³-hybridized carbons (Fsp3) is 0.438. The molecule has 0 aliphatic carbocycles. The molecule has 0 radical (unpaired) electrons. The van der Waals surface area contributed by atoms with Crippen LogP contribution < -0.4 is 4.90 Å². The molecule has 1 rings (SSSR count). The Bertz CT molecular complexity index is 495. The molecular formula is C16H22ClNO2. The highest BCUT2D eigenvalue weighted by molar-refractivity contribution is 6.32. The number of carboxylic acids is 1. The Morgan fingerprint density at radius 3 is 2.50 bits per heavy atom. The molecule has 0 unspecified atom stereocenters. The second-order valence-corrected chi connectivity index (χ2v) is 5.89. The number of carbonyl (C=O) groups is 1. The van der Waals surface area contributed by atoms with Gasteiger partial charge in [0.05, 0.1) is 0 Å². The molecule has 0 saturated heterocycles. The maximum Gasteiger partial charge on any atom is 0.328 e. The summed E-state index contributed by atoms with van der Waals surface area (Å²) in [6, 6.07) is 5.97. The second kappa shape index (κ2) is 7.34. The summed E-state index contributed by atoms with van der Waals surface area (Å²) < 4.78 is 0. The Hall–Kier alpha value is -1.48. The molecule has 4 heteroatoms. The van der Waals surface area contributed by atoms with E-state index in [9.17, 15) is 4.79 Å². The van der Waals surface area contributed by atoms with Gasteiger partial charge in [-0.2, -0.15) is 0 Å². The smallest absolute Gasteiger partial charge is 0.328 e. The first-order chi connectivity index (χ1) is 9.32. The third kappa shape index (κ3) is 4.57. The van der Waals surface area contributed by atoms with Crippen LogP contribution in [0.5, 0.6) is 0 Å². The van der Waals surface area contributed by atoms with E-state index >= 15 is 0 Å². The van der Waals surface area contributed by atoms with Crippen molar-refractivity contribution in [3.05, 3.63) is 34.9 Å². The first-order valence-corrected chi connectivity index (χ1v) is 7.17. The van der Waals surface area contributed by atoms with Gasteiger partial charge in [-0.1, -0.05) is 31.5 Å². The Morgan fingerprint density at radius 1 is 1.35 bits per heavy atom. The van der Waals surface area contributed by atoms with Crippen LogP contribution in [-0.2, 0) is 4.79 Å². The van der Waals surface area contributed by atoms with Crippen molar-refractivity contribution in [1.82, 2.24) is 0 Å². The Kier molecular flexibility index (Phi) is 6.08. The molecule has 0 aromatic heterocycles. The number of aliphatic carboxylic acids is 1. The molecule has 0 fully saturated rings. The molecule has 3 nitrogen and oxygen atoms in total. The summed E-state index contributed by atoms with van der Waals surface area (Å²) in [5, 5.41) is 9.37. The lowest BCUT2D eigenvalue weighted by molar-refractivity contribution is -0.131. The van der Waals surface area contributed by atoms with Crippen LogP contribution in [0.2, 0.25) is 5.02 Å². The van der Waals surface area contributed by atoms with Crippen LogP contribution in [0.15, 0.2) is 24.3 Å². The lowest BCUT2D eigenvalue weighted by Crippen LogP contribution is -2.34. The number of halogens is 1. The molecule has 20 heavy (non-hydrogen) atoms. The van der Waals surface area contributed by atoms with E-state index in [1.807, 2.05) is 12.1 Å². The van der Waals surface area contributed by atoms with E-state index in [2.05, 4.69) is 32.6 Å². The average Bonchev–Trinajstić information content (AvgIpc) is 2.33. The third-order valence-electron chi connectivity index (χ3n) is 2.92. The molecule has 0 amide bonds. The van der Waals surface area contributed by atoms with Crippen LogP contribution in [0.4, 0.5) is 5.69 Å². The highest BCUT2D eigenvalue weighted by atomic mass is 35.5. The van der Waals surface area contributed by atoms with Gasteiger partial charge >= 0.3 is 5.97 Å². The van der Waals surface area contributed by atoms with Gasteiger partial charge in [-0.15, -0.1) is 0 Å². The molecule has 0 bridgehead atoms. The lowest BCUT2D eigenvalue weighted by atomic mass is 10.1. The highest BCUT2D eigenvalue weighted by Crippen LogP contribution is 2.30. The first-order valence-electron chi connectivity index (χ1n) is 6.79. The van der Waals surface area contributed by atoms with Gasteiger partial charge in [0, 0.05) is 34.9 Å². The van der Waals surface area contributed by atoms with Crippen LogP contribution in [0.25, 0.3) is 6.08 Å². The van der Waals surface area contributed by atoms with Crippen molar-refractivity contribution in [2.75, 3.05) is 11.4 Å². The van der Waals surface area contributed by atoms with Crippen LogP contribution in [0, 0.1) is 5.92 Å². The number of nitrogens with zero attached hydrogens (tertiary/aromatic N) is 1. The van der Waals surface area contributed by atoms with Crippen LogP contribution in [0.3, 0.4) is 0 Å². The predicted molar refractivity (Wildman–Crippen MR) is 85.4 cm³/mol. The molecule has 1 aromatic carbocycles. The van der Waals surface area contributed by atoms with Crippen molar-refractivity contribution in [2.24, 2.45) is 5.92 Å². The van der Waals surface area contributed by atoms with Gasteiger partial charge in [0.1, 0.15) is 0 Å². The lowest BCUT2D eigenvalue weighted by Gasteiger charge is -2.32. The van der Waals surface area contributed by atoms with E-state index in [0.29, 0.717) is 17.0 Å². The van der Waals surface area contributed by atoms with Crippen LogP contribution in [-0.4, -0.2) is 23.7 Å². The van der Waals surface area contributed by atoms with E-state index < -0.39 is 5.97 Å². The molecule has 110 valence electrons. The molecule has 0 aliphatic heterocycles. The number of hydrogen-bond donors (Lipinski definition) is 1. The fourth-order valence-electron chi connectivity index (χ4n) is 2.08. The standard InChI is InChI=1S/C16H22ClNO2/c1-11(2)10-18(12(3)4)15-7-5-6-14(17)13(15)8-9-16(19)20/h5-9,11-12H,10H2,1-4H3,(H,19,20). The molecule has 0 spiro atoms. The van der Waals surface area contributed by atoms with Gasteiger partial charge < -0.3 is 10.0 Å². The van der Waals surface area contributed by atoms with Gasteiger partial charge in [-0.3, -0.25) is 0 Å². The van der Waals surface area contributed by atoms with E-state index in [1.54, 1.807) is 12.1 Å². The predicted octanol–water partition coefficient (Wildman–Crippen LogP) is 4.31. The minimum absolute atomic E-state index is 0.313. The van der Waals surface area contributed by atoms with Crippen LogP contribution >= 0.6 is 11.6 Å². The van der Waals surface area contributed by atoms with Crippen LogP contribution in [0.1, 0.15) is 33.3 Å². The minimum atomic E-state index is -0.976. The van der Waals surface area contributed by atoms with Crippen molar-refractivity contribution in [1.29, 1.82) is 0 Å². The summed E-state index contributed by atoms with van der Waals surface area (Å²) in [4.78, 5) is 13.0. The number of anilines is 1. The SMILES string of the molecule is CC(C)CN(c1cccc(Cl)c1C=CC(=O)O)C(C)C. The summed E-state index contributed by atoms with van der Waals surface area (Å²) >= 11 is 6.23. The number of hydrogen-bond acceptors (Lipinski definition) is 2. The molecule has 0 heterocycles. The summed E-state index contributed by atoms with van der Waals surface area (Å²) in [7, 11) is 0. The zero-order valence-corrected chi connectivity index (χ0v) is 13.2. The van der Waals surface area contributed by atoms with Gasteiger partial charge in [0.2, 0.25) is 0 Å². The maximum absolute atomic E-state index is 10.7. The third-order valence-corrected chi connectivity index (χ3v) is 3.25. The monoisotopic (exact) mass is 295 g/mol. The molecule has 1 N–H and O–H groups in total. The zero-order chi connectivity index (χ0) is 15.3. The maximum atomic E-state index is 10.7. The summed E-state index contributed by atoms with van der Waals surface area (Å²) in [5.41, 5.74) is 1.73. The van der Waals surface area contributed by atoms with E-state index in [4.69, 9.17) is 16.7 Å². The Balaban J connectivity index is 3.27. The molecular weight excluding hydrogens is 274 g/mol. The number of carboxylic acid groups (broad SMARTS) is 1. The number of rotatable bonds is 6. The van der Waals surface area contributed by atoms with Gasteiger partial charge in [0.25, 0.3) is 0 Å². The largest absolute Gasteiger partial charge is 0.478 e. The normalized spacial score (nSPS) is 11.6. The number of benzene rings is 1. The summed E-state index contributed by atoms with van der Waals surface area (Å²) in [5.74, 6) is -0.469. The van der Waals surface area contributed by atoms with Crippen molar-refractivity contribution < 1.29 is 9.90 Å². The molecule has 0 atom stereocenters. The quantitative estimate of drug-likeness (QED) is 0.795. The van der Waals surface area contributed by atoms with Gasteiger partial charge in [0.15, 0.2) is 0 Å². The fourth-order valence-corrected chi connectivity index (χ4v) is 2.31. The van der Waals surface area contributed by atoms with Crippen molar-refractivity contribution in [3.63, 3.8) is 0 Å². The van der Waals surface area contributed by atoms with Crippen molar-refractivity contribution >= 4 is 29.3 Å². The highest BCUT2D eigenvalue weighted by Gasteiger charge is 2.16. The molecule has 0 saturated carbocycles. The summed E-state index contributed by atoms with van der Waals surface area (Å²) in [6.07, 6.45) is 2.69. The van der Waals surface area contributed by atoms with Crippen molar-refractivity contribution in [2.45, 2.75) is 33.7 Å². The molecule has 1 aromatic rings. The molecule has 0 aliphatic rings. The van der Waals surface area contributed by atoms with E-state index in [0.717, 1.165) is 23.9 Å². The van der Waals surface area contributed by atoms with Gasteiger partial charge in [-0.25, -0.2) is 4.79 Å². The minimum Gasteiger partial charge on any atom is -0.478 e. The average molecular weight is 296 g/mol. The summed E-state index contributed by atoms with van der Waals surface area (Å²) in [6.45, 7) is 9.45.